The highest BCUT2D eigenvalue weighted by Crippen LogP contribution is 2.09. The maximum absolute atomic E-state index is 13.0. The van der Waals surface area contributed by atoms with Gasteiger partial charge in [0.1, 0.15) is 18.1 Å². The summed E-state index contributed by atoms with van der Waals surface area (Å²) in [5.74, 6) is -4.44. The van der Waals surface area contributed by atoms with E-state index in [9.17, 15) is 29.1 Å². The van der Waals surface area contributed by atoms with E-state index in [1.165, 1.54) is 12.5 Å². The SMILES string of the molecule is CC(C)CC(NC(=O)C(NC(=O)C(N)CC(N)=O)C(C)C)C(=O)NC(Cc1cnc[nH]1)C(=O)O. The lowest BCUT2D eigenvalue weighted by atomic mass is 9.99. The van der Waals surface area contributed by atoms with Crippen molar-refractivity contribution in [1.82, 2.24) is 25.9 Å². The number of aliphatic carboxylic acids is 1. The van der Waals surface area contributed by atoms with E-state index in [0.29, 0.717) is 5.69 Å². The number of hydrogen-bond donors (Lipinski definition) is 7. The molecule has 1 heterocycles. The first-order valence-electron chi connectivity index (χ1n) is 11.0. The van der Waals surface area contributed by atoms with E-state index in [1.807, 2.05) is 13.8 Å². The molecule has 0 aromatic carbocycles. The van der Waals surface area contributed by atoms with Gasteiger partial charge in [-0.05, 0) is 18.3 Å². The van der Waals surface area contributed by atoms with Crippen LogP contribution in [0.5, 0.6) is 0 Å². The number of nitrogens with two attached hydrogens (primary N) is 2. The zero-order chi connectivity index (χ0) is 26.0. The van der Waals surface area contributed by atoms with Crippen LogP contribution in [0.3, 0.4) is 0 Å². The van der Waals surface area contributed by atoms with Crippen LogP contribution in [0.1, 0.15) is 46.2 Å². The normalized spacial score (nSPS) is 14.7. The fraction of sp³-hybridized carbons (Fsp3) is 0.619. The van der Waals surface area contributed by atoms with E-state index in [0.717, 1.165) is 0 Å². The summed E-state index contributed by atoms with van der Waals surface area (Å²) in [5, 5.41) is 17.1. The van der Waals surface area contributed by atoms with E-state index < -0.39 is 53.8 Å². The topological polar surface area (TPSA) is 222 Å². The number of H-pyrrole nitrogens is 1. The zero-order valence-electron chi connectivity index (χ0n) is 19.8. The summed E-state index contributed by atoms with van der Waals surface area (Å²) < 4.78 is 0. The second-order valence-electron chi connectivity index (χ2n) is 8.88. The number of carbonyl (C=O) groups excluding carboxylic acids is 4. The van der Waals surface area contributed by atoms with Crippen LogP contribution in [-0.4, -0.2) is 68.8 Å². The summed E-state index contributed by atoms with van der Waals surface area (Å²) in [5.41, 5.74) is 11.2. The minimum absolute atomic E-state index is 0.0111. The Bertz CT molecular complexity index is 856. The van der Waals surface area contributed by atoms with Crippen molar-refractivity contribution in [3.8, 4) is 0 Å². The molecular weight excluding hydrogens is 446 g/mol. The largest absolute Gasteiger partial charge is 0.480 e. The third-order valence-electron chi connectivity index (χ3n) is 4.94. The van der Waals surface area contributed by atoms with Gasteiger partial charge >= 0.3 is 5.97 Å². The summed E-state index contributed by atoms with van der Waals surface area (Å²) >= 11 is 0. The molecule has 34 heavy (non-hydrogen) atoms. The lowest BCUT2D eigenvalue weighted by molar-refractivity contribution is -0.142. The Morgan fingerprint density at radius 1 is 1.00 bits per heavy atom. The number of imidazole rings is 1. The number of hydrogen-bond acceptors (Lipinski definition) is 7. The standard InChI is InChI=1S/C21H35N7O6/c1-10(2)5-14(19(31)27-15(21(33)34)6-12-8-24-9-25-12)26-20(32)17(11(3)4)28-18(30)13(22)7-16(23)29/h8-11,13-15,17H,5-7,22H2,1-4H3,(H2,23,29)(H,24,25)(H,26,32)(H,27,31)(H,28,30)(H,33,34). The molecule has 0 aliphatic carbocycles. The first-order chi connectivity index (χ1) is 15.8. The van der Waals surface area contributed by atoms with Crippen molar-refractivity contribution >= 4 is 29.6 Å². The Morgan fingerprint density at radius 3 is 2.09 bits per heavy atom. The molecule has 0 aliphatic heterocycles. The van der Waals surface area contributed by atoms with E-state index in [1.54, 1.807) is 13.8 Å². The first kappa shape index (κ1) is 28.6. The van der Waals surface area contributed by atoms with Gasteiger partial charge in [0.05, 0.1) is 18.8 Å². The van der Waals surface area contributed by atoms with Crippen molar-refractivity contribution < 1.29 is 29.1 Å². The molecule has 13 nitrogen and oxygen atoms in total. The summed E-state index contributed by atoms with van der Waals surface area (Å²) in [4.78, 5) is 67.5. The quantitative estimate of drug-likeness (QED) is 0.163. The van der Waals surface area contributed by atoms with Crippen LogP contribution in [0.2, 0.25) is 0 Å². The summed E-state index contributed by atoms with van der Waals surface area (Å²) in [6.07, 6.45) is 2.67. The van der Waals surface area contributed by atoms with E-state index >= 15 is 0 Å². The molecule has 9 N–H and O–H groups in total. The molecule has 1 aromatic heterocycles. The van der Waals surface area contributed by atoms with E-state index in [-0.39, 0.29) is 31.1 Å². The number of carbonyl (C=O) groups is 5. The molecule has 0 saturated heterocycles. The van der Waals surface area contributed by atoms with Crippen molar-refractivity contribution in [1.29, 1.82) is 0 Å². The molecular formula is C21H35N7O6. The number of amides is 4. The molecule has 1 aromatic rings. The molecule has 4 unspecified atom stereocenters. The number of aromatic nitrogens is 2. The highest BCUT2D eigenvalue weighted by atomic mass is 16.4. The van der Waals surface area contributed by atoms with Gasteiger partial charge < -0.3 is 37.5 Å². The molecule has 0 saturated carbocycles. The lowest BCUT2D eigenvalue weighted by Crippen LogP contribution is -2.59. The number of carboxylic acids is 1. The summed E-state index contributed by atoms with van der Waals surface area (Å²) in [6.45, 7) is 7.06. The van der Waals surface area contributed by atoms with Crippen molar-refractivity contribution in [3.05, 3.63) is 18.2 Å². The first-order valence-corrected chi connectivity index (χ1v) is 11.0. The van der Waals surface area contributed by atoms with Crippen LogP contribution in [0.15, 0.2) is 12.5 Å². The van der Waals surface area contributed by atoms with Crippen molar-refractivity contribution in [2.45, 2.75) is 71.1 Å². The number of primary amides is 1. The highest BCUT2D eigenvalue weighted by Gasteiger charge is 2.32. The van der Waals surface area contributed by atoms with Gasteiger partial charge in [-0.3, -0.25) is 19.2 Å². The number of rotatable bonds is 14. The highest BCUT2D eigenvalue weighted by molar-refractivity contribution is 5.95. The third kappa shape index (κ3) is 9.57. The fourth-order valence-electron chi connectivity index (χ4n) is 3.16. The Kier molecular flexibility index (Phi) is 11.2. The van der Waals surface area contributed by atoms with Crippen molar-refractivity contribution in [3.63, 3.8) is 0 Å². The Hall–Kier alpha value is -3.48. The molecule has 0 bridgehead atoms. The molecule has 0 radical (unpaired) electrons. The van der Waals surface area contributed by atoms with Gasteiger partial charge in [-0.2, -0.15) is 0 Å². The number of carboxylic acid groups (broad SMARTS) is 1. The van der Waals surface area contributed by atoms with E-state index in [4.69, 9.17) is 11.5 Å². The maximum atomic E-state index is 13.0. The molecule has 0 spiro atoms. The Labute approximate surface area is 197 Å². The summed E-state index contributed by atoms with van der Waals surface area (Å²) in [7, 11) is 0. The third-order valence-corrected chi connectivity index (χ3v) is 4.94. The monoisotopic (exact) mass is 481 g/mol. The van der Waals surface area contributed by atoms with Crippen molar-refractivity contribution in [2.75, 3.05) is 0 Å². The smallest absolute Gasteiger partial charge is 0.326 e. The molecule has 0 aliphatic rings. The zero-order valence-corrected chi connectivity index (χ0v) is 19.8. The average Bonchev–Trinajstić information content (AvgIpc) is 3.22. The predicted octanol–water partition coefficient (Wildman–Crippen LogP) is -1.60. The minimum Gasteiger partial charge on any atom is -0.480 e. The van der Waals surface area contributed by atoms with Crippen LogP contribution >= 0.6 is 0 Å². The summed E-state index contributed by atoms with van der Waals surface area (Å²) in [6, 6.07) is -4.56. The predicted molar refractivity (Wildman–Crippen MR) is 122 cm³/mol. The Morgan fingerprint density at radius 2 is 1.62 bits per heavy atom. The number of nitrogens with zero attached hydrogens (tertiary/aromatic N) is 1. The number of nitrogens with one attached hydrogen (secondary N) is 4. The molecule has 4 amide bonds. The lowest BCUT2D eigenvalue weighted by Gasteiger charge is -2.27. The van der Waals surface area contributed by atoms with Crippen LogP contribution in [0.25, 0.3) is 0 Å². The average molecular weight is 482 g/mol. The molecule has 1 rings (SSSR count). The molecule has 0 fully saturated rings. The molecule has 13 heteroatoms. The van der Waals surface area contributed by atoms with Crippen LogP contribution < -0.4 is 27.4 Å². The maximum Gasteiger partial charge on any atom is 0.326 e. The fourth-order valence-corrected chi connectivity index (χ4v) is 3.16. The second kappa shape index (κ2) is 13.3. The molecule has 190 valence electrons. The van der Waals surface area contributed by atoms with Gasteiger partial charge in [0, 0.05) is 18.3 Å². The van der Waals surface area contributed by atoms with Gasteiger partial charge in [0.25, 0.3) is 0 Å². The van der Waals surface area contributed by atoms with Gasteiger partial charge in [-0.1, -0.05) is 27.7 Å². The van der Waals surface area contributed by atoms with Crippen molar-refractivity contribution in [2.24, 2.45) is 23.3 Å². The van der Waals surface area contributed by atoms with Crippen LogP contribution in [0.4, 0.5) is 0 Å². The van der Waals surface area contributed by atoms with Gasteiger partial charge in [-0.25, -0.2) is 9.78 Å². The van der Waals surface area contributed by atoms with E-state index in [2.05, 4.69) is 25.9 Å². The van der Waals surface area contributed by atoms with Crippen LogP contribution in [0, 0.1) is 11.8 Å². The second-order valence-corrected chi connectivity index (χ2v) is 8.88. The Balaban J connectivity index is 2.95. The van der Waals surface area contributed by atoms with Gasteiger partial charge in [0.15, 0.2) is 0 Å². The van der Waals surface area contributed by atoms with Gasteiger partial charge in [-0.15, -0.1) is 0 Å². The van der Waals surface area contributed by atoms with Crippen LogP contribution in [-0.2, 0) is 30.4 Å². The minimum atomic E-state index is -1.24. The molecule has 4 atom stereocenters. The number of aromatic amines is 1. The van der Waals surface area contributed by atoms with Gasteiger partial charge in [0.2, 0.25) is 23.6 Å².